The number of hydrogen-bond donors (Lipinski definition) is 2. The predicted molar refractivity (Wildman–Crippen MR) is 81.3 cm³/mol. The molecule has 2 rings (SSSR count). The Kier molecular flexibility index (Phi) is 4.95. The summed E-state index contributed by atoms with van der Waals surface area (Å²) < 4.78 is 4.53. The molecule has 1 aromatic carbocycles. The van der Waals surface area contributed by atoms with Crippen molar-refractivity contribution in [1.82, 2.24) is 4.98 Å². The van der Waals surface area contributed by atoms with Crippen molar-refractivity contribution in [1.29, 1.82) is 0 Å². The van der Waals surface area contributed by atoms with Crippen LogP contribution >= 0.6 is 11.3 Å². The van der Waals surface area contributed by atoms with E-state index in [0.29, 0.717) is 5.69 Å². The zero-order chi connectivity index (χ0) is 14.4. The highest BCUT2D eigenvalue weighted by atomic mass is 32.1. The molecule has 1 heterocycles. The molecule has 0 fully saturated rings. The lowest BCUT2D eigenvalue weighted by Crippen LogP contribution is -2.10. The van der Waals surface area contributed by atoms with Gasteiger partial charge in [-0.3, -0.25) is 5.32 Å². The number of hydrogen-bond acceptors (Lipinski definition) is 5. The van der Waals surface area contributed by atoms with Gasteiger partial charge in [0.15, 0.2) is 0 Å². The zero-order valence-electron chi connectivity index (χ0n) is 11.5. The number of carbonyl (C=O) groups is 1. The fraction of sp³-hybridized carbons (Fsp3) is 0.286. The standard InChI is InChI=1S/C14H17N3O2S/c1-3-13-16-9-12(20-13)8-15-10-4-6-11(7-5-10)17-14(18)19-2/h4-7,9,15H,3,8H2,1-2H3,(H,17,18). The van der Waals surface area contributed by atoms with Gasteiger partial charge in [-0.25, -0.2) is 9.78 Å². The lowest BCUT2D eigenvalue weighted by Gasteiger charge is -2.07. The maximum atomic E-state index is 11.1. The SMILES string of the molecule is CCc1ncc(CNc2ccc(NC(=O)OC)cc2)s1. The topological polar surface area (TPSA) is 63.2 Å². The van der Waals surface area contributed by atoms with Crippen LogP contribution in [0.4, 0.5) is 16.2 Å². The van der Waals surface area contributed by atoms with E-state index in [0.717, 1.165) is 23.7 Å². The van der Waals surface area contributed by atoms with Crippen LogP contribution in [0.2, 0.25) is 0 Å². The first-order valence-electron chi connectivity index (χ1n) is 6.33. The van der Waals surface area contributed by atoms with Crippen molar-refractivity contribution in [3.63, 3.8) is 0 Å². The molecule has 20 heavy (non-hydrogen) atoms. The van der Waals surface area contributed by atoms with Gasteiger partial charge in [0.05, 0.1) is 18.7 Å². The Labute approximate surface area is 122 Å². The van der Waals surface area contributed by atoms with Crippen molar-refractivity contribution in [3.05, 3.63) is 40.3 Å². The van der Waals surface area contributed by atoms with Crippen LogP contribution in [-0.2, 0) is 17.7 Å². The van der Waals surface area contributed by atoms with E-state index >= 15 is 0 Å². The number of amides is 1. The summed E-state index contributed by atoms with van der Waals surface area (Å²) in [7, 11) is 1.34. The fourth-order valence-electron chi connectivity index (χ4n) is 1.62. The van der Waals surface area contributed by atoms with Gasteiger partial charge < -0.3 is 10.1 Å². The van der Waals surface area contributed by atoms with Crippen LogP contribution in [0.25, 0.3) is 0 Å². The van der Waals surface area contributed by atoms with Gasteiger partial charge >= 0.3 is 6.09 Å². The van der Waals surface area contributed by atoms with Gasteiger partial charge in [-0.2, -0.15) is 0 Å². The summed E-state index contributed by atoms with van der Waals surface area (Å²) in [5, 5.41) is 7.08. The van der Waals surface area contributed by atoms with Gasteiger partial charge in [0.25, 0.3) is 0 Å². The average molecular weight is 291 g/mol. The number of anilines is 2. The van der Waals surface area contributed by atoms with E-state index in [2.05, 4.69) is 27.3 Å². The van der Waals surface area contributed by atoms with Crippen molar-refractivity contribution in [3.8, 4) is 0 Å². The molecule has 0 aliphatic heterocycles. The summed E-state index contributed by atoms with van der Waals surface area (Å²) in [5.74, 6) is 0. The molecule has 2 aromatic rings. The van der Waals surface area contributed by atoms with E-state index in [1.807, 2.05) is 30.5 Å². The normalized spacial score (nSPS) is 10.1. The molecule has 0 radical (unpaired) electrons. The second-order valence-electron chi connectivity index (χ2n) is 4.12. The Bertz CT molecular complexity index is 566. The molecule has 0 bridgehead atoms. The number of carbonyl (C=O) groups excluding carboxylic acids is 1. The zero-order valence-corrected chi connectivity index (χ0v) is 12.3. The Balaban J connectivity index is 1.88. The first-order valence-corrected chi connectivity index (χ1v) is 7.15. The van der Waals surface area contributed by atoms with Gasteiger partial charge in [0.2, 0.25) is 0 Å². The molecule has 2 N–H and O–H groups in total. The van der Waals surface area contributed by atoms with Crippen LogP contribution in [0.5, 0.6) is 0 Å². The first-order chi connectivity index (χ1) is 9.71. The van der Waals surface area contributed by atoms with E-state index in [9.17, 15) is 4.79 Å². The maximum Gasteiger partial charge on any atom is 0.411 e. The number of thiazole rings is 1. The summed E-state index contributed by atoms with van der Waals surface area (Å²) in [6.07, 6.45) is 2.41. The van der Waals surface area contributed by atoms with Crippen molar-refractivity contribution >= 4 is 28.8 Å². The minimum Gasteiger partial charge on any atom is -0.453 e. The molecular formula is C14H17N3O2S. The van der Waals surface area contributed by atoms with Crippen LogP contribution in [0.3, 0.4) is 0 Å². The van der Waals surface area contributed by atoms with Gasteiger partial charge in [-0.05, 0) is 30.7 Å². The molecule has 1 amide bonds. The maximum absolute atomic E-state index is 11.1. The molecule has 5 nitrogen and oxygen atoms in total. The minimum atomic E-state index is -0.470. The van der Waals surface area contributed by atoms with Gasteiger partial charge in [-0.1, -0.05) is 6.92 Å². The molecule has 0 spiro atoms. The lowest BCUT2D eigenvalue weighted by molar-refractivity contribution is 0.187. The largest absolute Gasteiger partial charge is 0.453 e. The molecule has 0 aliphatic rings. The number of nitrogens with one attached hydrogen (secondary N) is 2. The van der Waals surface area contributed by atoms with Crippen LogP contribution in [-0.4, -0.2) is 18.2 Å². The third-order valence-corrected chi connectivity index (χ3v) is 3.83. The summed E-state index contributed by atoms with van der Waals surface area (Å²) >= 11 is 1.72. The van der Waals surface area contributed by atoms with Crippen molar-refractivity contribution in [2.24, 2.45) is 0 Å². The van der Waals surface area contributed by atoms with Crippen molar-refractivity contribution < 1.29 is 9.53 Å². The third kappa shape index (κ3) is 3.96. The molecule has 0 saturated heterocycles. The smallest absolute Gasteiger partial charge is 0.411 e. The number of aromatic nitrogens is 1. The number of methoxy groups -OCH3 is 1. The Hall–Kier alpha value is -2.08. The lowest BCUT2D eigenvalue weighted by atomic mass is 10.3. The number of rotatable bonds is 5. The summed E-state index contributed by atoms with van der Waals surface area (Å²) in [5.41, 5.74) is 1.69. The third-order valence-electron chi connectivity index (χ3n) is 2.69. The highest BCUT2D eigenvalue weighted by Crippen LogP contribution is 2.17. The summed E-state index contributed by atoms with van der Waals surface area (Å²) in [6.45, 7) is 2.85. The van der Waals surface area contributed by atoms with Crippen LogP contribution < -0.4 is 10.6 Å². The van der Waals surface area contributed by atoms with Crippen molar-refractivity contribution in [2.75, 3.05) is 17.7 Å². The van der Waals surface area contributed by atoms with E-state index < -0.39 is 6.09 Å². The first kappa shape index (κ1) is 14.3. The Morgan fingerprint density at radius 2 is 2.00 bits per heavy atom. The van der Waals surface area contributed by atoms with Crippen LogP contribution in [0, 0.1) is 0 Å². The molecule has 106 valence electrons. The molecule has 1 aromatic heterocycles. The second kappa shape index (κ2) is 6.91. The minimum absolute atomic E-state index is 0.470. The molecule has 0 saturated carbocycles. The summed E-state index contributed by atoms with van der Waals surface area (Å²) in [4.78, 5) is 16.6. The van der Waals surface area contributed by atoms with Gasteiger partial charge in [0.1, 0.15) is 0 Å². The number of nitrogens with zero attached hydrogens (tertiary/aromatic N) is 1. The highest BCUT2D eigenvalue weighted by molar-refractivity contribution is 7.11. The molecule has 0 unspecified atom stereocenters. The second-order valence-corrected chi connectivity index (χ2v) is 5.32. The van der Waals surface area contributed by atoms with Gasteiger partial charge in [-0.15, -0.1) is 11.3 Å². The Morgan fingerprint density at radius 1 is 1.30 bits per heavy atom. The van der Waals surface area contributed by atoms with E-state index in [1.165, 1.54) is 12.0 Å². The van der Waals surface area contributed by atoms with Gasteiger partial charge in [0, 0.05) is 22.4 Å². The van der Waals surface area contributed by atoms with E-state index in [4.69, 9.17) is 0 Å². The molecular weight excluding hydrogens is 274 g/mol. The highest BCUT2D eigenvalue weighted by Gasteiger charge is 2.02. The monoisotopic (exact) mass is 291 g/mol. The quantitative estimate of drug-likeness (QED) is 0.885. The number of ether oxygens (including phenoxy) is 1. The molecule has 0 atom stereocenters. The fourth-order valence-corrected chi connectivity index (χ4v) is 2.42. The number of benzene rings is 1. The number of aryl methyl sites for hydroxylation is 1. The molecule has 0 aliphatic carbocycles. The van der Waals surface area contributed by atoms with Crippen molar-refractivity contribution in [2.45, 2.75) is 19.9 Å². The predicted octanol–water partition coefficient (Wildman–Crippen LogP) is 3.50. The van der Waals surface area contributed by atoms with E-state index in [-0.39, 0.29) is 0 Å². The van der Waals surface area contributed by atoms with Crippen LogP contribution in [0.1, 0.15) is 16.8 Å². The average Bonchev–Trinajstić information content (AvgIpc) is 2.94. The summed E-state index contributed by atoms with van der Waals surface area (Å²) in [6, 6.07) is 7.47. The van der Waals surface area contributed by atoms with Crippen LogP contribution in [0.15, 0.2) is 30.5 Å². The molecule has 6 heteroatoms. The Morgan fingerprint density at radius 3 is 2.60 bits per heavy atom. The van der Waals surface area contributed by atoms with E-state index in [1.54, 1.807) is 11.3 Å².